The number of rotatable bonds is 8. The first-order valence-corrected chi connectivity index (χ1v) is 12.3. The molecule has 0 aliphatic carbocycles. The smallest absolute Gasteiger partial charge is 0.338 e. The standard InChI is InChI=1S/C25H24N4O5S/c1-15(2)34-24(31)18-6-10-20(11-7-18)29-35(32,33)21-12-13-22-23(14-21)28-25(27-22)26-19-8-4-17(5-9-19)16(3)30/h4-15,29H,1-3H3,(H2,26,27,28). The maximum Gasteiger partial charge on any atom is 0.338 e. The second kappa shape index (κ2) is 9.59. The number of hydrogen-bond acceptors (Lipinski definition) is 7. The number of nitrogens with one attached hydrogen (secondary N) is 3. The Balaban J connectivity index is 1.50. The number of sulfonamides is 1. The first kappa shape index (κ1) is 24.0. The average Bonchev–Trinajstić information content (AvgIpc) is 3.20. The maximum absolute atomic E-state index is 12.9. The van der Waals surface area contributed by atoms with E-state index in [9.17, 15) is 18.0 Å². The number of fused-ring (bicyclic) bond motifs is 1. The molecule has 0 unspecified atom stereocenters. The molecule has 0 aliphatic rings. The summed E-state index contributed by atoms with van der Waals surface area (Å²) in [7, 11) is -3.89. The van der Waals surface area contributed by atoms with Gasteiger partial charge in [0, 0.05) is 16.9 Å². The van der Waals surface area contributed by atoms with E-state index in [0.29, 0.717) is 33.8 Å². The molecule has 0 spiro atoms. The molecule has 0 saturated heterocycles. The predicted octanol–water partition coefficient (Wildman–Crippen LogP) is 4.88. The summed E-state index contributed by atoms with van der Waals surface area (Å²) in [5.74, 6) is -0.0625. The van der Waals surface area contributed by atoms with E-state index < -0.39 is 16.0 Å². The fourth-order valence-electron chi connectivity index (χ4n) is 3.31. The van der Waals surface area contributed by atoms with Crippen molar-refractivity contribution in [2.75, 3.05) is 10.0 Å². The highest BCUT2D eigenvalue weighted by molar-refractivity contribution is 7.92. The van der Waals surface area contributed by atoms with E-state index in [4.69, 9.17) is 4.74 Å². The van der Waals surface area contributed by atoms with Crippen molar-refractivity contribution >= 4 is 50.1 Å². The number of aromatic nitrogens is 2. The Bertz CT molecular complexity index is 1490. The van der Waals surface area contributed by atoms with Crippen LogP contribution in [0.25, 0.3) is 11.0 Å². The minimum absolute atomic E-state index is 0.0211. The van der Waals surface area contributed by atoms with Crippen LogP contribution in [0.5, 0.6) is 0 Å². The van der Waals surface area contributed by atoms with Crippen LogP contribution < -0.4 is 10.0 Å². The topological polar surface area (TPSA) is 130 Å². The molecule has 3 N–H and O–H groups in total. The van der Waals surface area contributed by atoms with Crippen molar-refractivity contribution in [2.45, 2.75) is 31.8 Å². The van der Waals surface area contributed by atoms with Crippen LogP contribution in [-0.2, 0) is 14.8 Å². The number of H-pyrrole nitrogens is 1. The van der Waals surface area contributed by atoms with E-state index in [1.807, 2.05) is 0 Å². The second-order valence-corrected chi connectivity index (χ2v) is 9.84. The third-order valence-electron chi connectivity index (χ3n) is 5.03. The largest absolute Gasteiger partial charge is 0.459 e. The number of carbonyl (C=O) groups excluding carboxylic acids is 2. The highest BCUT2D eigenvalue weighted by Crippen LogP contribution is 2.23. The molecular formula is C25H24N4O5S. The lowest BCUT2D eigenvalue weighted by atomic mass is 10.1. The molecule has 35 heavy (non-hydrogen) atoms. The van der Waals surface area contributed by atoms with Crippen molar-refractivity contribution in [1.29, 1.82) is 0 Å². The van der Waals surface area contributed by atoms with E-state index in [0.717, 1.165) is 5.69 Å². The van der Waals surface area contributed by atoms with Gasteiger partial charge in [-0.15, -0.1) is 0 Å². The Morgan fingerprint density at radius 2 is 1.54 bits per heavy atom. The first-order valence-electron chi connectivity index (χ1n) is 10.8. The van der Waals surface area contributed by atoms with Gasteiger partial charge in [-0.3, -0.25) is 9.52 Å². The zero-order valence-electron chi connectivity index (χ0n) is 19.3. The van der Waals surface area contributed by atoms with Gasteiger partial charge in [-0.05, 0) is 87.5 Å². The van der Waals surface area contributed by atoms with Crippen molar-refractivity contribution in [3.8, 4) is 0 Å². The summed E-state index contributed by atoms with van der Waals surface area (Å²) in [6.07, 6.45) is -0.249. The van der Waals surface area contributed by atoms with Crippen LogP contribution in [0.3, 0.4) is 0 Å². The van der Waals surface area contributed by atoms with Gasteiger partial charge in [0.2, 0.25) is 5.95 Å². The molecule has 4 rings (SSSR count). The third-order valence-corrected chi connectivity index (χ3v) is 6.41. The molecule has 0 fully saturated rings. The number of esters is 1. The van der Waals surface area contributed by atoms with Crippen LogP contribution in [0.1, 0.15) is 41.5 Å². The molecule has 0 bridgehead atoms. The predicted molar refractivity (Wildman–Crippen MR) is 134 cm³/mol. The highest BCUT2D eigenvalue weighted by atomic mass is 32.2. The van der Waals surface area contributed by atoms with Gasteiger partial charge < -0.3 is 15.0 Å². The Labute approximate surface area is 202 Å². The molecule has 1 heterocycles. The number of imidazole rings is 1. The zero-order chi connectivity index (χ0) is 25.2. The third kappa shape index (κ3) is 5.67. The van der Waals surface area contributed by atoms with Gasteiger partial charge in [-0.2, -0.15) is 0 Å². The SMILES string of the molecule is CC(=O)c1ccc(Nc2nc3ccc(S(=O)(=O)Nc4ccc(C(=O)OC(C)C)cc4)cc3[nH]2)cc1. The molecule has 9 nitrogen and oxygen atoms in total. The molecule has 1 aromatic heterocycles. The number of nitrogens with zero attached hydrogens (tertiary/aromatic N) is 1. The number of ketones is 1. The molecule has 0 radical (unpaired) electrons. The molecule has 0 saturated carbocycles. The Morgan fingerprint density at radius 3 is 2.17 bits per heavy atom. The Kier molecular flexibility index (Phi) is 6.57. The lowest BCUT2D eigenvalue weighted by molar-refractivity contribution is 0.0378. The van der Waals surface area contributed by atoms with Crippen LogP contribution in [-0.4, -0.2) is 36.2 Å². The van der Waals surface area contributed by atoms with Crippen LogP contribution in [0, 0.1) is 0 Å². The molecule has 0 aliphatic heterocycles. The van der Waals surface area contributed by atoms with Gasteiger partial charge in [0.05, 0.1) is 27.6 Å². The number of Topliss-reactive ketones (excluding diaryl/α,β-unsaturated/α-hetero) is 1. The van der Waals surface area contributed by atoms with Gasteiger partial charge in [0.25, 0.3) is 10.0 Å². The lowest BCUT2D eigenvalue weighted by Crippen LogP contribution is -2.14. The van der Waals surface area contributed by atoms with Crippen molar-refractivity contribution in [2.24, 2.45) is 0 Å². The van der Waals surface area contributed by atoms with Crippen molar-refractivity contribution in [3.63, 3.8) is 0 Å². The average molecular weight is 493 g/mol. The normalized spacial score (nSPS) is 11.4. The number of carbonyl (C=O) groups is 2. The number of anilines is 3. The molecule has 0 amide bonds. The lowest BCUT2D eigenvalue weighted by Gasteiger charge is -2.10. The molecule has 0 atom stereocenters. The molecule has 3 aromatic carbocycles. The maximum atomic E-state index is 12.9. The number of aromatic amines is 1. The summed E-state index contributed by atoms with van der Waals surface area (Å²) in [5.41, 5.74) is 3.09. The Hall–Kier alpha value is -4.18. The molecule has 180 valence electrons. The van der Waals surface area contributed by atoms with Crippen LogP contribution in [0.2, 0.25) is 0 Å². The fraction of sp³-hybridized carbons (Fsp3) is 0.160. The zero-order valence-corrected chi connectivity index (χ0v) is 20.1. The second-order valence-electron chi connectivity index (χ2n) is 8.16. The quantitative estimate of drug-likeness (QED) is 0.236. The molecule has 4 aromatic rings. The number of hydrogen-bond donors (Lipinski definition) is 3. The fourth-order valence-corrected chi connectivity index (χ4v) is 4.40. The summed E-state index contributed by atoms with van der Waals surface area (Å²) in [6, 6.07) is 17.5. The molecular weight excluding hydrogens is 468 g/mol. The van der Waals surface area contributed by atoms with Crippen molar-refractivity contribution in [1.82, 2.24) is 9.97 Å². The minimum Gasteiger partial charge on any atom is -0.459 e. The van der Waals surface area contributed by atoms with Crippen molar-refractivity contribution < 1.29 is 22.7 Å². The van der Waals surface area contributed by atoms with Gasteiger partial charge in [-0.1, -0.05) is 0 Å². The van der Waals surface area contributed by atoms with E-state index in [-0.39, 0.29) is 16.8 Å². The van der Waals surface area contributed by atoms with E-state index >= 15 is 0 Å². The van der Waals surface area contributed by atoms with Crippen LogP contribution in [0.4, 0.5) is 17.3 Å². The van der Waals surface area contributed by atoms with E-state index in [1.54, 1.807) is 44.2 Å². The van der Waals surface area contributed by atoms with Gasteiger partial charge in [0.15, 0.2) is 5.78 Å². The summed E-state index contributed by atoms with van der Waals surface area (Å²) in [5, 5.41) is 3.10. The summed E-state index contributed by atoms with van der Waals surface area (Å²) >= 11 is 0. The highest BCUT2D eigenvalue weighted by Gasteiger charge is 2.17. The van der Waals surface area contributed by atoms with Crippen molar-refractivity contribution in [3.05, 3.63) is 77.9 Å². The van der Waals surface area contributed by atoms with E-state index in [1.165, 1.54) is 43.3 Å². The Morgan fingerprint density at radius 1 is 0.914 bits per heavy atom. The summed E-state index contributed by atoms with van der Waals surface area (Å²) in [6.45, 7) is 5.01. The number of ether oxygens (including phenoxy) is 1. The van der Waals surface area contributed by atoms with Crippen LogP contribution >= 0.6 is 0 Å². The monoisotopic (exact) mass is 492 g/mol. The van der Waals surface area contributed by atoms with Gasteiger partial charge >= 0.3 is 5.97 Å². The first-order chi connectivity index (χ1) is 16.6. The molecule has 10 heteroatoms. The number of benzene rings is 3. The minimum atomic E-state index is -3.89. The van der Waals surface area contributed by atoms with Crippen LogP contribution in [0.15, 0.2) is 71.6 Å². The van der Waals surface area contributed by atoms with Gasteiger partial charge in [0.1, 0.15) is 0 Å². The summed E-state index contributed by atoms with van der Waals surface area (Å²) in [4.78, 5) is 30.9. The van der Waals surface area contributed by atoms with Gasteiger partial charge in [-0.25, -0.2) is 18.2 Å². The summed E-state index contributed by atoms with van der Waals surface area (Å²) < 4.78 is 33.5. The van der Waals surface area contributed by atoms with E-state index in [2.05, 4.69) is 20.0 Å².